The minimum atomic E-state index is -0.618. The normalized spacial score (nSPS) is 23.1. The number of carbonyl (C=O) groups excluding carboxylic acids is 1. The van der Waals surface area contributed by atoms with Crippen molar-refractivity contribution in [1.29, 1.82) is 0 Å². The summed E-state index contributed by atoms with van der Waals surface area (Å²) in [6.45, 7) is 2.26. The quantitative estimate of drug-likeness (QED) is 0.791. The van der Waals surface area contributed by atoms with Gasteiger partial charge in [0.2, 0.25) is 5.91 Å². The van der Waals surface area contributed by atoms with Gasteiger partial charge in [0.05, 0.1) is 6.20 Å². The minimum Gasteiger partial charge on any atom is -0.489 e. The Labute approximate surface area is 112 Å². The van der Waals surface area contributed by atoms with Gasteiger partial charge in [-0.25, -0.2) is 4.98 Å². The van der Waals surface area contributed by atoms with Crippen LogP contribution in [0.5, 0.6) is 5.75 Å². The number of pyridine rings is 1. The van der Waals surface area contributed by atoms with Gasteiger partial charge in [-0.05, 0) is 12.8 Å². The third-order valence-electron chi connectivity index (χ3n) is 3.69. The van der Waals surface area contributed by atoms with E-state index in [1.807, 2.05) is 6.07 Å². The molecule has 1 aromatic rings. The van der Waals surface area contributed by atoms with Crippen molar-refractivity contribution in [3.05, 3.63) is 12.3 Å². The number of amides is 1. The lowest BCUT2D eigenvalue weighted by Gasteiger charge is -2.20. The number of likely N-dealkylation sites (N-methyl/N-ethyl adjacent to an activating group) is 1. The first kappa shape index (κ1) is 12.2. The topological polar surface area (TPSA) is 71.7 Å². The Bertz CT molecular complexity index is 499. The first-order chi connectivity index (χ1) is 9.16. The number of carbonyl (C=O) groups is 1. The highest BCUT2D eigenvalue weighted by atomic mass is 16.5. The van der Waals surface area contributed by atoms with E-state index in [2.05, 4.69) is 9.88 Å². The van der Waals surface area contributed by atoms with Gasteiger partial charge in [0.25, 0.3) is 0 Å². The van der Waals surface area contributed by atoms with Gasteiger partial charge in [-0.3, -0.25) is 4.79 Å². The molecule has 0 radical (unpaired) electrons. The Morgan fingerprint density at radius 3 is 2.89 bits per heavy atom. The van der Waals surface area contributed by atoms with Crippen LogP contribution in [0.15, 0.2) is 12.3 Å². The molecule has 0 aliphatic carbocycles. The maximum absolute atomic E-state index is 11.9. The molecule has 102 valence electrons. The summed E-state index contributed by atoms with van der Waals surface area (Å²) in [5.41, 5.74) is 6.44. The maximum Gasteiger partial charge on any atom is 0.247 e. The largest absolute Gasteiger partial charge is 0.489 e. The molecule has 19 heavy (non-hydrogen) atoms. The van der Waals surface area contributed by atoms with Crippen molar-refractivity contribution in [2.75, 3.05) is 36.5 Å². The molecule has 0 bridgehead atoms. The number of hydrogen-bond acceptors (Lipinski definition) is 5. The van der Waals surface area contributed by atoms with Crippen LogP contribution in [-0.4, -0.2) is 43.7 Å². The molecule has 0 saturated carbocycles. The molecule has 0 spiro atoms. The Balaban J connectivity index is 1.94. The summed E-state index contributed by atoms with van der Waals surface area (Å²) in [4.78, 5) is 20.1. The highest BCUT2D eigenvalue weighted by Gasteiger charge is 2.27. The monoisotopic (exact) mass is 262 g/mol. The average molecular weight is 262 g/mol. The molecule has 1 amide bonds. The summed E-state index contributed by atoms with van der Waals surface area (Å²) in [6.07, 6.45) is 4.09. The highest BCUT2D eigenvalue weighted by molar-refractivity contribution is 5.98. The van der Waals surface area contributed by atoms with E-state index in [1.54, 1.807) is 13.2 Å². The van der Waals surface area contributed by atoms with E-state index in [-0.39, 0.29) is 12.5 Å². The van der Waals surface area contributed by atoms with Crippen LogP contribution in [0.4, 0.5) is 11.5 Å². The Morgan fingerprint density at radius 1 is 1.42 bits per heavy atom. The lowest BCUT2D eigenvalue weighted by molar-refractivity contribution is -0.119. The van der Waals surface area contributed by atoms with Gasteiger partial charge >= 0.3 is 0 Å². The Kier molecular flexibility index (Phi) is 3.02. The van der Waals surface area contributed by atoms with Crippen molar-refractivity contribution in [1.82, 2.24) is 4.98 Å². The second kappa shape index (κ2) is 4.70. The third-order valence-corrected chi connectivity index (χ3v) is 3.69. The van der Waals surface area contributed by atoms with Crippen molar-refractivity contribution >= 4 is 17.4 Å². The predicted octanol–water partition coefficient (Wildman–Crippen LogP) is 0.364. The van der Waals surface area contributed by atoms with Gasteiger partial charge in [-0.2, -0.15) is 0 Å². The van der Waals surface area contributed by atoms with Crippen LogP contribution in [-0.2, 0) is 4.79 Å². The summed E-state index contributed by atoms with van der Waals surface area (Å²) < 4.78 is 5.65. The first-order valence-corrected chi connectivity index (χ1v) is 6.58. The zero-order valence-corrected chi connectivity index (χ0v) is 11.0. The summed E-state index contributed by atoms with van der Waals surface area (Å²) in [7, 11) is 1.70. The molecule has 2 aliphatic rings. The number of hydrogen-bond donors (Lipinski definition) is 1. The minimum absolute atomic E-state index is 0.144. The van der Waals surface area contributed by atoms with Crippen molar-refractivity contribution in [2.45, 2.75) is 18.9 Å². The second-order valence-electron chi connectivity index (χ2n) is 5.02. The molecule has 1 atom stereocenters. The number of nitrogens with two attached hydrogens (primary N) is 1. The van der Waals surface area contributed by atoms with Gasteiger partial charge in [0, 0.05) is 26.2 Å². The molecule has 6 nitrogen and oxygen atoms in total. The zero-order chi connectivity index (χ0) is 13.4. The number of rotatable bonds is 1. The van der Waals surface area contributed by atoms with E-state index >= 15 is 0 Å². The van der Waals surface area contributed by atoms with Crippen LogP contribution in [0.3, 0.4) is 0 Å². The van der Waals surface area contributed by atoms with Crippen LogP contribution >= 0.6 is 0 Å². The number of ether oxygens (including phenoxy) is 1. The predicted molar refractivity (Wildman–Crippen MR) is 72.6 cm³/mol. The van der Waals surface area contributed by atoms with Gasteiger partial charge in [0.1, 0.15) is 29.9 Å². The molecule has 0 aromatic carbocycles. The molecule has 6 heteroatoms. The SMILES string of the molecule is CN1C(=O)[C@@H](N)COc2cc(N3CCCC3)ncc21. The number of anilines is 2. The summed E-state index contributed by atoms with van der Waals surface area (Å²) in [6, 6.07) is 1.29. The van der Waals surface area contributed by atoms with Crippen LogP contribution in [0, 0.1) is 0 Å². The van der Waals surface area contributed by atoms with E-state index in [0.29, 0.717) is 11.4 Å². The van der Waals surface area contributed by atoms with Gasteiger partial charge in [-0.15, -0.1) is 0 Å². The zero-order valence-electron chi connectivity index (χ0n) is 11.0. The van der Waals surface area contributed by atoms with Crippen molar-refractivity contribution in [2.24, 2.45) is 5.73 Å². The number of nitrogens with zero attached hydrogens (tertiary/aromatic N) is 3. The van der Waals surface area contributed by atoms with E-state index in [9.17, 15) is 4.79 Å². The summed E-state index contributed by atoms with van der Waals surface area (Å²) >= 11 is 0. The second-order valence-corrected chi connectivity index (χ2v) is 5.02. The Hall–Kier alpha value is -1.82. The van der Waals surface area contributed by atoms with Crippen molar-refractivity contribution in [3.8, 4) is 5.75 Å². The fourth-order valence-corrected chi connectivity index (χ4v) is 2.52. The molecule has 3 heterocycles. The van der Waals surface area contributed by atoms with Gasteiger partial charge in [-0.1, -0.05) is 0 Å². The molecule has 2 aliphatic heterocycles. The van der Waals surface area contributed by atoms with Crippen molar-refractivity contribution < 1.29 is 9.53 Å². The van der Waals surface area contributed by atoms with Gasteiger partial charge < -0.3 is 20.3 Å². The van der Waals surface area contributed by atoms with Crippen LogP contribution in [0.2, 0.25) is 0 Å². The smallest absolute Gasteiger partial charge is 0.247 e. The molecule has 1 saturated heterocycles. The first-order valence-electron chi connectivity index (χ1n) is 6.58. The number of aromatic nitrogens is 1. The average Bonchev–Trinajstić information content (AvgIpc) is 2.93. The third kappa shape index (κ3) is 2.12. The Morgan fingerprint density at radius 2 is 2.16 bits per heavy atom. The molecular weight excluding hydrogens is 244 g/mol. The lowest BCUT2D eigenvalue weighted by Crippen LogP contribution is -2.43. The van der Waals surface area contributed by atoms with E-state index in [0.717, 1.165) is 18.9 Å². The van der Waals surface area contributed by atoms with Crippen LogP contribution < -0.4 is 20.3 Å². The highest BCUT2D eigenvalue weighted by Crippen LogP contribution is 2.33. The molecule has 1 fully saturated rings. The van der Waals surface area contributed by atoms with Crippen LogP contribution in [0.1, 0.15) is 12.8 Å². The van der Waals surface area contributed by atoms with E-state index in [1.165, 1.54) is 17.7 Å². The molecule has 1 aromatic heterocycles. The molecular formula is C13H18N4O2. The van der Waals surface area contributed by atoms with Crippen molar-refractivity contribution in [3.63, 3.8) is 0 Å². The summed E-state index contributed by atoms with van der Waals surface area (Å²) in [5, 5.41) is 0. The van der Waals surface area contributed by atoms with E-state index in [4.69, 9.17) is 10.5 Å². The number of fused-ring (bicyclic) bond motifs is 1. The fraction of sp³-hybridized carbons (Fsp3) is 0.538. The fourth-order valence-electron chi connectivity index (χ4n) is 2.52. The van der Waals surface area contributed by atoms with Crippen LogP contribution in [0.25, 0.3) is 0 Å². The molecule has 2 N–H and O–H groups in total. The van der Waals surface area contributed by atoms with Gasteiger partial charge in [0.15, 0.2) is 0 Å². The molecule has 3 rings (SSSR count). The standard InChI is InChI=1S/C13H18N4O2/c1-16-10-7-15-12(17-4-2-3-5-17)6-11(10)19-8-9(14)13(16)18/h6-7,9H,2-5,8,14H2,1H3/t9-/m0/s1. The van der Waals surface area contributed by atoms with E-state index < -0.39 is 6.04 Å². The summed E-state index contributed by atoms with van der Waals surface area (Å²) in [5.74, 6) is 1.45. The maximum atomic E-state index is 11.9. The molecule has 0 unspecified atom stereocenters. The lowest BCUT2D eigenvalue weighted by atomic mass is 10.3.